The molecule has 0 N–H and O–H groups in total. The number of rotatable bonds is 2. The summed E-state index contributed by atoms with van der Waals surface area (Å²) in [7, 11) is 0. The lowest BCUT2D eigenvalue weighted by Crippen LogP contribution is -2.41. The number of nitrogens with zero attached hydrogens (tertiary/aromatic N) is 4. The molecule has 6 heteroatoms. The molecule has 0 unspecified atom stereocenters. The van der Waals surface area contributed by atoms with Crippen molar-refractivity contribution in [3.05, 3.63) is 29.0 Å². The summed E-state index contributed by atoms with van der Waals surface area (Å²) in [6, 6.07) is 4.03. The number of carbonyl (C=O) groups is 1. The first kappa shape index (κ1) is 15.8. The van der Waals surface area contributed by atoms with E-state index in [4.69, 9.17) is 0 Å². The van der Waals surface area contributed by atoms with Crippen LogP contribution in [0.5, 0.6) is 0 Å². The third-order valence-electron chi connectivity index (χ3n) is 5.13. The largest absolute Gasteiger partial charge is 0.370 e. The van der Waals surface area contributed by atoms with Crippen LogP contribution in [0.2, 0.25) is 0 Å². The van der Waals surface area contributed by atoms with Gasteiger partial charge in [-0.2, -0.15) is 0 Å². The summed E-state index contributed by atoms with van der Waals surface area (Å²) in [6.45, 7) is 3.71. The summed E-state index contributed by atoms with van der Waals surface area (Å²) in [5, 5.41) is 0. The van der Waals surface area contributed by atoms with Crippen LogP contribution in [0.1, 0.15) is 25.7 Å². The third kappa shape index (κ3) is 2.99. The maximum atomic E-state index is 12.6. The number of piperidine rings is 1. The molecule has 2 saturated heterocycles. The molecule has 5 nitrogen and oxygen atoms in total. The number of pyridine rings is 2. The highest BCUT2D eigenvalue weighted by Crippen LogP contribution is 2.30. The fourth-order valence-electron chi connectivity index (χ4n) is 3.81. The van der Waals surface area contributed by atoms with Crippen molar-refractivity contribution in [2.24, 2.45) is 5.92 Å². The lowest BCUT2D eigenvalue weighted by Gasteiger charge is -2.34. The van der Waals surface area contributed by atoms with Crippen LogP contribution in [-0.2, 0) is 4.79 Å². The second-order valence-corrected chi connectivity index (χ2v) is 7.56. The third-order valence-corrected chi connectivity index (χ3v) is 5.56. The van der Waals surface area contributed by atoms with Crippen molar-refractivity contribution in [2.45, 2.75) is 25.7 Å². The fourth-order valence-corrected chi connectivity index (χ4v) is 4.13. The summed E-state index contributed by atoms with van der Waals surface area (Å²) < 4.78 is 0.939. The smallest absolute Gasteiger partial charge is 0.225 e. The van der Waals surface area contributed by atoms with E-state index in [1.165, 1.54) is 0 Å². The zero-order valence-electron chi connectivity index (χ0n) is 13.6. The Morgan fingerprint density at radius 3 is 2.62 bits per heavy atom. The van der Waals surface area contributed by atoms with Gasteiger partial charge in [0.2, 0.25) is 5.91 Å². The number of aromatic nitrogens is 2. The van der Waals surface area contributed by atoms with Gasteiger partial charge in [0, 0.05) is 49.0 Å². The normalized spacial score (nSPS) is 19.2. The highest BCUT2D eigenvalue weighted by molar-refractivity contribution is 9.10. The van der Waals surface area contributed by atoms with Crippen molar-refractivity contribution in [3.63, 3.8) is 0 Å². The van der Waals surface area contributed by atoms with Crippen LogP contribution in [0.15, 0.2) is 29.0 Å². The van der Waals surface area contributed by atoms with Gasteiger partial charge in [0.1, 0.15) is 5.52 Å². The fraction of sp³-hybridized carbons (Fsp3) is 0.500. The van der Waals surface area contributed by atoms with Crippen LogP contribution in [0.4, 0.5) is 5.69 Å². The molecule has 4 rings (SSSR count). The lowest BCUT2D eigenvalue weighted by atomic mass is 9.95. The van der Waals surface area contributed by atoms with Crippen LogP contribution < -0.4 is 4.90 Å². The minimum absolute atomic E-state index is 0.189. The Bertz CT molecular complexity index is 752. The maximum absolute atomic E-state index is 12.6. The van der Waals surface area contributed by atoms with Gasteiger partial charge >= 0.3 is 0 Å². The number of fused-ring (bicyclic) bond motifs is 1. The van der Waals surface area contributed by atoms with Crippen molar-refractivity contribution in [2.75, 3.05) is 31.1 Å². The summed E-state index contributed by atoms with van der Waals surface area (Å²) in [5.41, 5.74) is 2.96. The first-order valence-electron chi connectivity index (χ1n) is 8.66. The van der Waals surface area contributed by atoms with E-state index in [9.17, 15) is 4.79 Å². The van der Waals surface area contributed by atoms with Crippen LogP contribution in [0, 0.1) is 5.92 Å². The number of anilines is 1. The monoisotopic (exact) mass is 388 g/mol. The molecule has 0 bridgehead atoms. The minimum Gasteiger partial charge on any atom is -0.370 e. The Kier molecular flexibility index (Phi) is 4.39. The first-order valence-corrected chi connectivity index (χ1v) is 9.46. The van der Waals surface area contributed by atoms with Gasteiger partial charge in [-0.3, -0.25) is 14.8 Å². The van der Waals surface area contributed by atoms with Crippen molar-refractivity contribution in [1.82, 2.24) is 14.9 Å². The van der Waals surface area contributed by atoms with Crippen molar-refractivity contribution >= 4 is 38.6 Å². The van der Waals surface area contributed by atoms with E-state index in [-0.39, 0.29) is 5.92 Å². The number of halogens is 1. The standard InChI is InChI=1S/C18H21BrN4O/c19-14-11-15-17(21-12-14)16(3-6-20-15)22-9-4-13(5-10-22)18(24)23-7-1-2-8-23/h3,6,11-13H,1-2,4-5,7-10H2. The van der Waals surface area contributed by atoms with Crippen molar-refractivity contribution in [3.8, 4) is 0 Å². The van der Waals surface area contributed by atoms with Gasteiger partial charge in [0.15, 0.2) is 0 Å². The number of hydrogen-bond donors (Lipinski definition) is 0. The highest BCUT2D eigenvalue weighted by atomic mass is 79.9. The molecular weight excluding hydrogens is 368 g/mol. The molecule has 0 aliphatic carbocycles. The topological polar surface area (TPSA) is 49.3 Å². The Morgan fingerprint density at radius 2 is 1.88 bits per heavy atom. The van der Waals surface area contributed by atoms with E-state index in [0.29, 0.717) is 5.91 Å². The molecule has 2 aliphatic rings. The minimum atomic E-state index is 0.189. The van der Waals surface area contributed by atoms with Gasteiger partial charge in [-0.05, 0) is 53.7 Å². The second kappa shape index (κ2) is 6.67. The molecule has 2 fully saturated rings. The summed E-state index contributed by atoms with van der Waals surface area (Å²) >= 11 is 3.45. The first-order chi connectivity index (χ1) is 11.7. The molecule has 0 saturated carbocycles. The van der Waals surface area contributed by atoms with E-state index >= 15 is 0 Å². The number of hydrogen-bond acceptors (Lipinski definition) is 4. The van der Waals surface area contributed by atoms with Gasteiger partial charge < -0.3 is 9.80 Å². The molecule has 2 aromatic rings. The van der Waals surface area contributed by atoms with E-state index in [1.807, 2.05) is 24.5 Å². The molecule has 0 spiro atoms. The van der Waals surface area contributed by atoms with E-state index in [2.05, 4.69) is 35.7 Å². The summed E-state index contributed by atoms with van der Waals surface area (Å²) in [6.07, 6.45) is 7.83. The number of carbonyl (C=O) groups excluding carboxylic acids is 1. The average molecular weight is 389 g/mol. The second-order valence-electron chi connectivity index (χ2n) is 6.65. The Balaban J connectivity index is 1.49. The van der Waals surface area contributed by atoms with Crippen molar-refractivity contribution < 1.29 is 4.79 Å². The molecule has 126 valence electrons. The van der Waals surface area contributed by atoms with E-state index < -0.39 is 0 Å². The summed E-state index contributed by atoms with van der Waals surface area (Å²) in [5.74, 6) is 0.559. The maximum Gasteiger partial charge on any atom is 0.225 e. The van der Waals surface area contributed by atoms with Gasteiger partial charge in [-0.1, -0.05) is 0 Å². The molecule has 1 amide bonds. The quantitative estimate of drug-likeness (QED) is 0.792. The van der Waals surface area contributed by atoms with Crippen LogP contribution in [-0.4, -0.2) is 47.0 Å². The molecular formula is C18H21BrN4O. The molecule has 2 aliphatic heterocycles. The van der Waals surface area contributed by atoms with Gasteiger partial charge in [0.25, 0.3) is 0 Å². The Hall–Kier alpha value is -1.69. The molecule has 24 heavy (non-hydrogen) atoms. The van der Waals surface area contributed by atoms with Crippen LogP contribution in [0.3, 0.4) is 0 Å². The van der Waals surface area contributed by atoms with E-state index in [0.717, 1.165) is 73.1 Å². The van der Waals surface area contributed by atoms with Gasteiger partial charge in [0.05, 0.1) is 11.2 Å². The van der Waals surface area contributed by atoms with Gasteiger partial charge in [-0.25, -0.2) is 0 Å². The average Bonchev–Trinajstić information content (AvgIpc) is 3.15. The zero-order chi connectivity index (χ0) is 16.5. The van der Waals surface area contributed by atoms with E-state index in [1.54, 1.807) is 0 Å². The Morgan fingerprint density at radius 1 is 1.12 bits per heavy atom. The Labute approximate surface area is 150 Å². The predicted molar refractivity (Wildman–Crippen MR) is 98.0 cm³/mol. The SMILES string of the molecule is O=C(C1CCN(c2ccnc3cc(Br)cnc23)CC1)N1CCCC1. The van der Waals surface area contributed by atoms with Crippen LogP contribution in [0.25, 0.3) is 11.0 Å². The number of amides is 1. The van der Waals surface area contributed by atoms with Crippen molar-refractivity contribution in [1.29, 1.82) is 0 Å². The summed E-state index contributed by atoms with van der Waals surface area (Å²) in [4.78, 5) is 25.9. The highest BCUT2D eigenvalue weighted by Gasteiger charge is 2.30. The zero-order valence-corrected chi connectivity index (χ0v) is 15.2. The van der Waals surface area contributed by atoms with Crippen LogP contribution >= 0.6 is 15.9 Å². The molecule has 2 aromatic heterocycles. The molecule has 4 heterocycles. The predicted octanol–water partition coefficient (Wildman–Crippen LogP) is 3.23. The molecule has 0 aromatic carbocycles. The molecule has 0 radical (unpaired) electrons. The number of likely N-dealkylation sites (tertiary alicyclic amines) is 1. The molecule has 0 atom stereocenters. The van der Waals surface area contributed by atoms with Gasteiger partial charge in [-0.15, -0.1) is 0 Å². The lowest BCUT2D eigenvalue weighted by molar-refractivity contribution is -0.135.